The van der Waals surface area contributed by atoms with Crippen molar-refractivity contribution in [3.63, 3.8) is 0 Å². The van der Waals surface area contributed by atoms with E-state index < -0.39 is 28.5 Å². The van der Waals surface area contributed by atoms with Crippen LogP contribution in [0, 0.1) is 0 Å². The van der Waals surface area contributed by atoms with E-state index in [1.54, 1.807) is 61.7 Å². The third kappa shape index (κ3) is 8.66. The van der Waals surface area contributed by atoms with Crippen molar-refractivity contribution < 1.29 is 27.5 Å². The number of nitrogens with zero attached hydrogens (tertiary/aromatic N) is 2. The van der Waals surface area contributed by atoms with Crippen molar-refractivity contribution >= 4 is 27.5 Å². The lowest BCUT2D eigenvalue weighted by atomic mass is 10.1. The fourth-order valence-electron chi connectivity index (χ4n) is 4.84. The van der Waals surface area contributed by atoms with Gasteiger partial charge in [-0.15, -0.1) is 0 Å². The van der Waals surface area contributed by atoms with E-state index in [0.29, 0.717) is 23.7 Å². The van der Waals surface area contributed by atoms with Crippen LogP contribution in [0.5, 0.6) is 17.2 Å². The van der Waals surface area contributed by atoms with Crippen molar-refractivity contribution in [3.05, 3.63) is 115 Å². The Labute approximate surface area is 271 Å². The number of ether oxygens (including phenoxy) is 2. The standard InChI is InChI=1S/C36H41N3O6S/c1-5-27(3)37-36(41)34(6-2)38(25-28-17-21-30(44-4)22-18-28)35(40)26-39(46(42,43)33-15-11-8-12-16-33)29-19-23-32(24-20-29)45-31-13-9-7-10-14-31/h7-24,27,34H,5-6,25-26H2,1-4H3,(H,37,41)/t27-,34+/m1/s1. The first-order valence-corrected chi connectivity index (χ1v) is 16.7. The Bertz CT molecular complexity index is 1660. The topological polar surface area (TPSA) is 105 Å². The van der Waals surface area contributed by atoms with Crippen LogP contribution in [0.15, 0.2) is 114 Å². The zero-order chi connectivity index (χ0) is 33.1. The maximum absolute atomic E-state index is 14.3. The molecule has 0 bridgehead atoms. The largest absolute Gasteiger partial charge is 0.497 e. The van der Waals surface area contributed by atoms with Crippen LogP contribution in [-0.4, -0.2) is 50.9 Å². The molecule has 0 radical (unpaired) electrons. The maximum atomic E-state index is 14.3. The van der Waals surface area contributed by atoms with Crippen molar-refractivity contribution in [2.24, 2.45) is 0 Å². The fraction of sp³-hybridized carbons (Fsp3) is 0.278. The molecule has 0 fully saturated rings. The van der Waals surface area contributed by atoms with Gasteiger partial charge in [0.1, 0.15) is 29.8 Å². The highest BCUT2D eigenvalue weighted by atomic mass is 32.2. The monoisotopic (exact) mass is 643 g/mol. The van der Waals surface area contributed by atoms with Gasteiger partial charge in [0.25, 0.3) is 10.0 Å². The molecule has 1 N–H and O–H groups in total. The third-order valence-electron chi connectivity index (χ3n) is 7.61. The van der Waals surface area contributed by atoms with Crippen molar-refractivity contribution in [1.29, 1.82) is 0 Å². The summed E-state index contributed by atoms with van der Waals surface area (Å²) in [6.07, 6.45) is 1.06. The average Bonchev–Trinajstić information content (AvgIpc) is 3.08. The molecule has 0 aliphatic heterocycles. The van der Waals surface area contributed by atoms with Crippen molar-refractivity contribution in [3.8, 4) is 17.2 Å². The number of para-hydroxylation sites is 1. The molecule has 0 saturated carbocycles. The van der Waals surface area contributed by atoms with Crippen LogP contribution in [0.1, 0.15) is 39.2 Å². The normalized spacial score (nSPS) is 12.4. The number of rotatable bonds is 15. The summed E-state index contributed by atoms with van der Waals surface area (Å²) in [5.41, 5.74) is 1.04. The number of benzene rings is 4. The maximum Gasteiger partial charge on any atom is 0.264 e. The smallest absolute Gasteiger partial charge is 0.264 e. The van der Waals surface area contributed by atoms with E-state index in [-0.39, 0.29) is 29.1 Å². The predicted molar refractivity (Wildman–Crippen MR) is 179 cm³/mol. The van der Waals surface area contributed by atoms with E-state index in [1.165, 1.54) is 17.0 Å². The van der Waals surface area contributed by atoms with Crippen LogP contribution < -0.4 is 19.1 Å². The van der Waals surface area contributed by atoms with Crippen LogP contribution in [0.4, 0.5) is 5.69 Å². The van der Waals surface area contributed by atoms with Gasteiger partial charge in [0.15, 0.2) is 0 Å². The molecular weight excluding hydrogens is 602 g/mol. The van der Waals surface area contributed by atoms with Crippen molar-refractivity contribution in [1.82, 2.24) is 10.2 Å². The van der Waals surface area contributed by atoms with Gasteiger partial charge in [0.05, 0.1) is 17.7 Å². The summed E-state index contributed by atoms with van der Waals surface area (Å²) in [4.78, 5) is 29.3. The summed E-state index contributed by atoms with van der Waals surface area (Å²) in [5, 5.41) is 2.99. The second-order valence-electron chi connectivity index (χ2n) is 10.8. The molecular formula is C36H41N3O6S. The number of carbonyl (C=O) groups is 2. The zero-order valence-electron chi connectivity index (χ0n) is 26.6. The molecule has 4 rings (SSSR count). The Hall–Kier alpha value is -4.83. The van der Waals surface area contributed by atoms with Gasteiger partial charge in [-0.05, 0) is 86.0 Å². The lowest BCUT2D eigenvalue weighted by Crippen LogP contribution is -2.53. The Balaban J connectivity index is 1.71. The lowest BCUT2D eigenvalue weighted by Gasteiger charge is -2.33. The van der Waals surface area contributed by atoms with E-state index in [2.05, 4.69) is 5.32 Å². The second kappa shape index (κ2) is 15.9. The summed E-state index contributed by atoms with van der Waals surface area (Å²) >= 11 is 0. The predicted octanol–water partition coefficient (Wildman–Crippen LogP) is 6.40. The molecule has 0 aromatic heterocycles. The van der Waals surface area contributed by atoms with E-state index >= 15 is 0 Å². The third-order valence-corrected chi connectivity index (χ3v) is 9.40. The molecule has 46 heavy (non-hydrogen) atoms. The number of sulfonamides is 1. The minimum atomic E-state index is -4.18. The summed E-state index contributed by atoms with van der Waals surface area (Å²) in [6.45, 7) is 5.27. The molecule has 10 heteroatoms. The molecule has 4 aromatic carbocycles. The number of methoxy groups -OCH3 is 1. The summed E-state index contributed by atoms with van der Waals surface area (Å²) in [5.74, 6) is 0.981. The molecule has 0 spiro atoms. The van der Waals surface area contributed by atoms with Gasteiger partial charge in [-0.3, -0.25) is 13.9 Å². The Morgan fingerprint density at radius 3 is 1.89 bits per heavy atom. The Morgan fingerprint density at radius 2 is 1.33 bits per heavy atom. The number of anilines is 1. The van der Waals surface area contributed by atoms with E-state index in [1.807, 2.05) is 63.2 Å². The molecule has 0 heterocycles. The van der Waals surface area contributed by atoms with Gasteiger partial charge in [0.2, 0.25) is 11.8 Å². The highest BCUT2D eigenvalue weighted by Crippen LogP contribution is 2.29. The van der Waals surface area contributed by atoms with E-state index in [4.69, 9.17) is 9.47 Å². The highest BCUT2D eigenvalue weighted by molar-refractivity contribution is 7.92. The minimum Gasteiger partial charge on any atom is -0.497 e. The van der Waals surface area contributed by atoms with Crippen molar-refractivity contribution in [2.45, 2.75) is 57.1 Å². The number of carbonyl (C=O) groups excluding carboxylic acids is 2. The molecule has 0 unspecified atom stereocenters. The highest BCUT2D eigenvalue weighted by Gasteiger charge is 2.34. The fourth-order valence-corrected chi connectivity index (χ4v) is 6.28. The molecule has 242 valence electrons. The summed E-state index contributed by atoms with van der Waals surface area (Å²) in [6, 6.07) is 30.0. The van der Waals surface area contributed by atoms with Crippen LogP contribution >= 0.6 is 0 Å². The van der Waals surface area contributed by atoms with Gasteiger partial charge in [-0.25, -0.2) is 8.42 Å². The van der Waals surface area contributed by atoms with E-state index in [9.17, 15) is 18.0 Å². The second-order valence-corrected chi connectivity index (χ2v) is 12.7. The van der Waals surface area contributed by atoms with Gasteiger partial charge in [-0.2, -0.15) is 0 Å². The zero-order valence-corrected chi connectivity index (χ0v) is 27.4. The van der Waals surface area contributed by atoms with Gasteiger partial charge < -0.3 is 19.7 Å². The molecule has 0 aliphatic carbocycles. The SMILES string of the molecule is CC[C@@H](C)NC(=O)[C@H](CC)N(Cc1ccc(OC)cc1)C(=O)CN(c1ccc(Oc2ccccc2)cc1)S(=O)(=O)c1ccccc1. The number of nitrogens with one attached hydrogen (secondary N) is 1. The molecule has 0 aliphatic rings. The molecule has 0 saturated heterocycles. The number of hydrogen-bond donors (Lipinski definition) is 1. The molecule has 4 aromatic rings. The summed E-state index contributed by atoms with van der Waals surface area (Å²) in [7, 11) is -2.62. The van der Waals surface area contributed by atoms with Crippen LogP contribution in [0.3, 0.4) is 0 Å². The Morgan fingerprint density at radius 1 is 0.761 bits per heavy atom. The average molecular weight is 644 g/mol. The van der Waals surface area contributed by atoms with Crippen LogP contribution in [0.25, 0.3) is 0 Å². The van der Waals surface area contributed by atoms with E-state index in [0.717, 1.165) is 16.3 Å². The van der Waals surface area contributed by atoms with Crippen LogP contribution in [0.2, 0.25) is 0 Å². The number of hydrogen-bond acceptors (Lipinski definition) is 6. The van der Waals surface area contributed by atoms with Gasteiger partial charge >= 0.3 is 0 Å². The molecule has 2 amide bonds. The van der Waals surface area contributed by atoms with Crippen LogP contribution in [-0.2, 0) is 26.2 Å². The van der Waals surface area contributed by atoms with Crippen molar-refractivity contribution in [2.75, 3.05) is 18.0 Å². The van der Waals surface area contributed by atoms with Gasteiger partial charge in [0, 0.05) is 12.6 Å². The first-order valence-electron chi connectivity index (χ1n) is 15.3. The van der Waals surface area contributed by atoms with Gasteiger partial charge in [-0.1, -0.05) is 62.4 Å². The minimum absolute atomic E-state index is 0.0377. The molecule has 9 nitrogen and oxygen atoms in total. The number of amides is 2. The lowest BCUT2D eigenvalue weighted by molar-refractivity contribution is -0.140. The first kappa shape index (κ1) is 34.1. The quantitative estimate of drug-likeness (QED) is 0.161. The summed E-state index contributed by atoms with van der Waals surface area (Å²) < 4.78 is 40.4. The first-order chi connectivity index (χ1) is 22.2. The Kier molecular flexibility index (Phi) is 11.8. The molecule has 2 atom stereocenters.